The number of benzene rings is 2. The smallest absolute Gasteiger partial charge is 0.238 e. The minimum Gasteiger partial charge on any atom is -0.494 e. The first-order valence-corrected chi connectivity index (χ1v) is 10.1. The van der Waals surface area contributed by atoms with Crippen molar-refractivity contribution in [1.82, 2.24) is 4.90 Å². The summed E-state index contributed by atoms with van der Waals surface area (Å²) < 4.78 is 11.2. The number of nitrogens with zero attached hydrogens (tertiary/aromatic N) is 1. The number of carbonyl (C=O) groups excluding carboxylic acids is 1. The molecule has 0 saturated heterocycles. The molecule has 0 heterocycles. The highest BCUT2D eigenvalue weighted by atomic mass is 16.5. The highest BCUT2D eigenvalue weighted by molar-refractivity contribution is 5.94. The van der Waals surface area contributed by atoms with Gasteiger partial charge < -0.3 is 14.8 Å². The van der Waals surface area contributed by atoms with Crippen LogP contribution in [0.4, 0.5) is 5.69 Å². The zero-order valence-corrected chi connectivity index (χ0v) is 17.0. The molecule has 5 nitrogen and oxygen atoms in total. The largest absolute Gasteiger partial charge is 0.494 e. The lowest BCUT2D eigenvalue weighted by atomic mass is 9.87. The molecule has 1 aliphatic rings. The number of amides is 1. The van der Waals surface area contributed by atoms with Gasteiger partial charge in [-0.3, -0.25) is 9.69 Å². The van der Waals surface area contributed by atoms with Crippen LogP contribution in [0.2, 0.25) is 0 Å². The van der Waals surface area contributed by atoms with Crippen molar-refractivity contribution in [1.29, 1.82) is 0 Å². The summed E-state index contributed by atoms with van der Waals surface area (Å²) in [5.41, 5.74) is 3.39. The van der Waals surface area contributed by atoms with E-state index in [0.29, 0.717) is 31.2 Å². The number of aryl methyl sites for hydroxylation is 1. The van der Waals surface area contributed by atoms with E-state index in [1.165, 1.54) is 11.1 Å². The molecule has 0 spiro atoms. The molecule has 1 amide bonds. The lowest BCUT2D eigenvalue weighted by molar-refractivity contribution is -0.117. The molecule has 0 aliphatic heterocycles. The van der Waals surface area contributed by atoms with Crippen LogP contribution >= 0.6 is 0 Å². The van der Waals surface area contributed by atoms with Crippen LogP contribution in [0.25, 0.3) is 0 Å². The van der Waals surface area contributed by atoms with E-state index in [2.05, 4.69) is 34.5 Å². The fourth-order valence-corrected chi connectivity index (χ4v) is 3.86. The van der Waals surface area contributed by atoms with Crippen molar-refractivity contribution in [3.8, 4) is 11.5 Å². The number of rotatable bonds is 8. The Hall–Kier alpha value is -2.53. The van der Waals surface area contributed by atoms with Crippen LogP contribution in [0.3, 0.4) is 0 Å². The van der Waals surface area contributed by atoms with Crippen molar-refractivity contribution in [2.45, 2.75) is 39.2 Å². The van der Waals surface area contributed by atoms with Gasteiger partial charge in [-0.1, -0.05) is 24.3 Å². The summed E-state index contributed by atoms with van der Waals surface area (Å²) in [7, 11) is 2.02. The van der Waals surface area contributed by atoms with Crippen molar-refractivity contribution >= 4 is 11.6 Å². The number of carbonyl (C=O) groups is 1. The lowest BCUT2D eigenvalue weighted by Gasteiger charge is -2.32. The highest BCUT2D eigenvalue weighted by Crippen LogP contribution is 2.34. The van der Waals surface area contributed by atoms with E-state index in [-0.39, 0.29) is 11.9 Å². The molecule has 1 N–H and O–H groups in total. The zero-order chi connectivity index (χ0) is 19.9. The number of likely N-dealkylation sites (N-methyl/N-ethyl adjacent to an activating group) is 1. The van der Waals surface area contributed by atoms with E-state index in [0.717, 1.165) is 25.0 Å². The van der Waals surface area contributed by atoms with E-state index in [4.69, 9.17) is 9.47 Å². The minimum atomic E-state index is -0.0554. The van der Waals surface area contributed by atoms with E-state index in [1.54, 1.807) is 0 Å². The number of anilines is 1. The first kappa shape index (κ1) is 20.2. The summed E-state index contributed by atoms with van der Waals surface area (Å²) in [6.45, 7) is 5.30. The SMILES string of the molecule is CCOc1ccc(OCC)c(NC(=O)CN(C)C2CCCc3ccccc32)c1. The Bertz CT molecular complexity index is 806. The van der Waals surface area contributed by atoms with E-state index < -0.39 is 0 Å². The van der Waals surface area contributed by atoms with Gasteiger partial charge >= 0.3 is 0 Å². The summed E-state index contributed by atoms with van der Waals surface area (Å²) in [4.78, 5) is 14.9. The molecule has 0 fully saturated rings. The number of hydrogen-bond acceptors (Lipinski definition) is 4. The molecule has 1 unspecified atom stereocenters. The van der Waals surface area contributed by atoms with Crippen molar-refractivity contribution in [3.63, 3.8) is 0 Å². The maximum atomic E-state index is 12.8. The Morgan fingerprint density at radius 3 is 2.71 bits per heavy atom. The fraction of sp³-hybridized carbons (Fsp3) is 0.435. The second-order valence-corrected chi connectivity index (χ2v) is 7.09. The summed E-state index contributed by atoms with van der Waals surface area (Å²) in [6.07, 6.45) is 3.35. The molecule has 150 valence electrons. The second-order valence-electron chi connectivity index (χ2n) is 7.09. The van der Waals surface area contributed by atoms with Crippen LogP contribution in [-0.2, 0) is 11.2 Å². The fourth-order valence-electron chi connectivity index (χ4n) is 3.86. The van der Waals surface area contributed by atoms with Crippen molar-refractivity contribution < 1.29 is 14.3 Å². The Labute approximate surface area is 167 Å². The predicted octanol–water partition coefficient (Wildman–Crippen LogP) is 4.43. The van der Waals surface area contributed by atoms with Crippen molar-refractivity contribution in [2.24, 2.45) is 0 Å². The van der Waals surface area contributed by atoms with E-state index >= 15 is 0 Å². The monoisotopic (exact) mass is 382 g/mol. The van der Waals surface area contributed by atoms with Crippen LogP contribution in [0, 0.1) is 0 Å². The first-order chi connectivity index (χ1) is 13.6. The lowest BCUT2D eigenvalue weighted by Crippen LogP contribution is -2.35. The summed E-state index contributed by atoms with van der Waals surface area (Å²) >= 11 is 0. The molecular formula is C23H30N2O3. The molecule has 28 heavy (non-hydrogen) atoms. The molecule has 0 saturated carbocycles. The third kappa shape index (κ3) is 4.84. The quantitative estimate of drug-likeness (QED) is 0.734. The van der Waals surface area contributed by atoms with Gasteiger partial charge in [0.25, 0.3) is 0 Å². The Balaban J connectivity index is 1.69. The molecule has 5 heteroatoms. The molecule has 0 aromatic heterocycles. The van der Waals surface area contributed by atoms with E-state index in [9.17, 15) is 4.79 Å². The molecule has 1 atom stereocenters. The Morgan fingerprint density at radius 1 is 1.14 bits per heavy atom. The standard InChI is InChI=1S/C23H30N2O3/c1-4-27-18-13-14-22(28-5-2)20(15-18)24-23(26)16-25(3)21-12-8-10-17-9-6-7-11-19(17)21/h6-7,9,11,13-15,21H,4-5,8,10,12,16H2,1-3H3,(H,24,26). The van der Waals surface area contributed by atoms with Crippen LogP contribution in [-0.4, -0.2) is 37.6 Å². The van der Waals surface area contributed by atoms with Gasteiger partial charge in [-0.25, -0.2) is 0 Å². The van der Waals surface area contributed by atoms with Crippen molar-refractivity contribution in [3.05, 3.63) is 53.6 Å². The molecule has 3 rings (SSSR count). The minimum absolute atomic E-state index is 0.0554. The maximum Gasteiger partial charge on any atom is 0.238 e. The van der Waals surface area contributed by atoms with E-state index in [1.807, 2.05) is 39.1 Å². The van der Waals surface area contributed by atoms with Gasteiger partial charge in [0.05, 0.1) is 25.4 Å². The molecule has 2 aromatic carbocycles. The average molecular weight is 383 g/mol. The summed E-state index contributed by atoms with van der Waals surface area (Å²) in [5, 5.41) is 3.00. The van der Waals surface area contributed by atoms with Gasteiger partial charge in [0.15, 0.2) is 0 Å². The molecule has 0 bridgehead atoms. The normalized spacial score (nSPS) is 15.8. The van der Waals surface area contributed by atoms with Crippen molar-refractivity contribution in [2.75, 3.05) is 32.1 Å². The number of hydrogen-bond donors (Lipinski definition) is 1. The topological polar surface area (TPSA) is 50.8 Å². The third-order valence-corrected chi connectivity index (χ3v) is 5.10. The summed E-state index contributed by atoms with van der Waals surface area (Å²) in [6, 6.07) is 14.3. The molecular weight excluding hydrogens is 352 g/mol. The van der Waals surface area contributed by atoms with Gasteiger partial charge in [-0.15, -0.1) is 0 Å². The van der Waals surface area contributed by atoms with Crippen LogP contribution in [0.15, 0.2) is 42.5 Å². The zero-order valence-electron chi connectivity index (χ0n) is 17.0. The number of ether oxygens (including phenoxy) is 2. The average Bonchev–Trinajstić information content (AvgIpc) is 2.69. The van der Waals surface area contributed by atoms with Gasteiger partial charge in [0.1, 0.15) is 11.5 Å². The Morgan fingerprint density at radius 2 is 1.93 bits per heavy atom. The van der Waals surface area contributed by atoms with Crippen LogP contribution < -0.4 is 14.8 Å². The van der Waals surface area contributed by atoms with Gasteiger partial charge in [0, 0.05) is 12.1 Å². The molecule has 1 aliphatic carbocycles. The second kappa shape index (κ2) is 9.60. The van der Waals surface area contributed by atoms with Gasteiger partial charge in [-0.05, 0) is 63.4 Å². The highest BCUT2D eigenvalue weighted by Gasteiger charge is 2.24. The number of fused-ring (bicyclic) bond motifs is 1. The maximum absolute atomic E-state index is 12.8. The third-order valence-electron chi connectivity index (χ3n) is 5.10. The number of nitrogens with one attached hydrogen (secondary N) is 1. The molecule has 2 aromatic rings. The van der Waals surface area contributed by atoms with Crippen LogP contribution in [0.1, 0.15) is 43.9 Å². The predicted molar refractivity (Wildman–Crippen MR) is 112 cm³/mol. The van der Waals surface area contributed by atoms with Crippen LogP contribution in [0.5, 0.6) is 11.5 Å². The first-order valence-electron chi connectivity index (χ1n) is 10.1. The summed E-state index contributed by atoms with van der Waals surface area (Å²) in [5.74, 6) is 1.32. The van der Waals surface area contributed by atoms with Gasteiger partial charge in [-0.2, -0.15) is 0 Å². The van der Waals surface area contributed by atoms with Gasteiger partial charge in [0.2, 0.25) is 5.91 Å². The Kier molecular flexibility index (Phi) is 6.93. The molecule has 0 radical (unpaired) electrons.